The monoisotopic (exact) mass is 303 g/mol. The van der Waals surface area contributed by atoms with Crippen molar-refractivity contribution in [3.05, 3.63) is 64.7 Å². The second-order valence-electron chi connectivity index (χ2n) is 5.52. The van der Waals surface area contributed by atoms with Gasteiger partial charge in [0.05, 0.1) is 4.90 Å². The van der Waals surface area contributed by atoms with Gasteiger partial charge in [-0.05, 0) is 51.0 Å². The molecule has 0 fully saturated rings. The number of sulfonamides is 1. The fourth-order valence-electron chi connectivity index (χ4n) is 2.39. The van der Waals surface area contributed by atoms with Gasteiger partial charge < -0.3 is 0 Å². The van der Waals surface area contributed by atoms with Crippen molar-refractivity contribution < 1.29 is 8.42 Å². The first kappa shape index (κ1) is 15.7. The van der Waals surface area contributed by atoms with Crippen LogP contribution in [0, 0.1) is 20.8 Å². The van der Waals surface area contributed by atoms with E-state index in [2.05, 4.69) is 10.8 Å². The molecule has 112 valence electrons. The summed E-state index contributed by atoms with van der Waals surface area (Å²) in [5.74, 6) is 0. The number of rotatable bonds is 4. The topological polar surface area (TPSA) is 46.2 Å². The van der Waals surface area contributed by atoms with Gasteiger partial charge in [0.25, 0.3) is 0 Å². The summed E-state index contributed by atoms with van der Waals surface area (Å²) in [6, 6.07) is 12.6. The fraction of sp³-hybridized carbons (Fsp3) is 0.294. The Morgan fingerprint density at radius 1 is 0.905 bits per heavy atom. The smallest absolute Gasteiger partial charge is 0.207 e. The maximum atomic E-state index is 12.4. The minimum absolute atomic E-state index is 0.267. The van der Waals surface area contributed by atoms with Gasteiger partial charge in [-0.25, -0.2) is 13.1 Å². The van der Waals surface area contributed by atoms with E-state index in [1.54, 1.807) is 24.3 Å². The number of aryl methyl sites for hydroxylation is 3. The van der Waals surface area contributed by atoms with E-state index in [-0.39, 0.29) is 6.04 Å². The van der Waals surface area contributed by atoms with Gasteiger partial charge in [0, 0.05) is 6.04 Å². The van der Waals surface area contributed by atoms with Crippen LogP contribution >= 0.6 is 0 Å². The number of hydrogen-bond acceptors (Lipinski definition) is 2. The van der Waals surface area contributed by atoms with Gasteiger partial charge in [-0.2, -0.15) is 0 Å². The van der Waals surface area contributed by atoms with Crippen molar-refractivity contribution in [1.29, 1.82) is 0 Å². The average molecular weight is 303 g/mol. The summed E-state index contributed by atoms with van der Waals surface area (Å²) in [6.45, 7) is 7.82. The van der Waals surface area contributed by atoms with Crippen LogP contribution in [-0.2, 0) is 10.0 Å². The molecule has 0 bridgehead atoms. The summed E-state index contributed by atoms with van der Waals surface area (Å²) in [5, 5.41) is 0. The average Bonchev–Trinajstić information content (AvgIpc) is 2.38. The first-order chi connectivity index (χ1) is 9.79. The third-order valence-electron chi connectivity index (χ3n) is 3.56. The van der Waals surface area contributed by atoms with E-state index in [9.17, 15) is 8.42 Å². The molecule has 21 heavy (non-hydrogen) atoms. The van der Waals surface area contributed by atoms with Crippen LogP contribution in [0.1, 0.15) is 35.2 Å². The normalized spacial score (nSPS) is 13.1. The van der Waals surface area contributed by atoms with Crippen LogP contribution in [0.4, 0.5) is 0 Å². The van der Waals surface area contributed by atoms with Gasteiger partial charge in [0.15, 0.2) is 0 Å². The molecule has 1 atom stereocenters. The Hall–Kier alpha value is -1.65. The van der Waals surface area contributed by atoms with Gasteiger partial charge in [-0.1, -0.05) is 41.5 Å². The lowest BCUT2D eigenvalue weighted by Gasteiger charge is -2.17. The highest BCUT2D eigenvalue weighted by Crippen LogP contribution is 2.21. The fourth-order valence-corrected chi connectivity index (χ4v) is 3.62. The van der Waals surface area contributed by atoms with E-state index < -0.39 is 10.0 Å². The number of hydrogen-bond donors (Lipinski definition) is 1. The molecule has 0 heterocycles. The molecule has 1 unspecified atom stereocenters. The maximum absolute atomic E-state index is 12.4. The lowest BCUT2D eigenvalue weighted by Crippen LogP contribution is -2.27. The first-order valence-corrected chi connectivity index (χ1v) is 8.44. The van der Waals surface area contributed by atoms with Crippen LogP contribution < -0.4 is 4.72 Å². The lowest BCUT2D eigenvalue weighted by atomic mass is 10.0. The van der Waals surface area contributed by atoms with Gasteiger partial charge in [0.2, 0.25) is 10.0 Å². The third kappa shape index (κ3) is 3.71. The molecule has 0 amide bonds. The first-order valence-electron chi connectivity index (χ1n) is 6.96. The van der Waals surface area contributed by atoms with E-state index in [0.29, 0.717) is 4.90 Å². The van der Waals surface area contributed by atoms with E-state index in [0.717, 1.165) is 16.7 Å². The van der Waals surface area contributed by atoms with Gasteiger partial charge >= 0.3 is 0 Å². The molecule has 0 spiro atoms. The van der Waals surface area contributed by atoms with Crippen molar-refractivity contribution in [3.8, 4) is 0 Å². The van der Waals surface area contributed by atoms with E-state index in [1.807, 2.05) is 39.8 Å². The summed E-state index contributed by atoms with van der Waals surface area (Å²) in [6.07, 6.45) is 0. The molecular weight excluding hydrogens is 282 g/mol. The van der Waals surface area contributed by atoms with E-state index in [4.69, 9.17) is 0 Å². The van der Waals surface area contributed by atoms with E-state index in [1.165, 1.54) is 5.56 Å². The molecule has 2 rings (SSSR count). The summed E-state index contributed by atoms with van der Waals surface area (Å²) < 4.78 is 27.5. The standard InChI is InChI=1S/C17H21NO2S/c1-12-5-8-16(9-6-12)21(19,20)18-15(4)17-10-7-13(2)11-14(17)3/h5-11,15,18H,1-4H3. The Morgan fingerprint density at radius 3 is 2.05 bits per heavy atom. The molecule has 0 aliphatic rings. The minimum atomic E-state index is -3.50. The predicted octanol–water partition coefficient (Wildman–Crippen LogP) is 3.65. The molecule has 0 aromatic heterocycles. The van der Waals surface area contributed by atoms with Crippen molar-refractivity contribution in [1.82, 2.24) is 4.72 Å². The molecule has 0 saturated heterocycles. The molecule has 3 nitrogen and oxygen atoms in total. The predicted molar refractivity (Wildman–Crippen MR) is 85.8 cm³/mol. The Labute approximate surface area is 127 Å². The van der Waals surface area contributed by atoms with Crippen molar-refractivity contribution in [2.45, 2.75) is 38.6 Å². The van der Waals surface area contributed by atoms with Crippen molar-refractivity contribution in [3.63, 3.8) is 0 Å². The second kappa shape index (κ2) is 6.00. The number of nitrogens with one attached hydrogen (secondary N) is 1. The van der Waals surface area contributed by atoms with Gasteiger partial charge in [-0.15, -0.1) is 0 Å². The van der Waals surface area contributed by atoms with Crippen LogP contribution in [-0.4, -0.2) is 8.42 Å². The Balaban J connectivity index is 2.25. The number of benzene rings is 2. The highest BCUT2D eigenvalue weighted by Gasteiger charge is 2.19. The molecular formula is C17H21NO2S. The largest absolute Gasteiger partial charge is 0.241 e. The molecule has 1 N–H and O–H groups in total. The molecule has 4 heteroatoms. The summed E-state index contributed by atoms with van der Waals surface area (Å²) >= 11 is 0. The van der Waals surface area contributed by atoms with Crippen LogP contribution in [0.5, 0.6) is 0 Å². The van der Waals surface area contributed by atoms with Crippen LogP contribution in [0.15, 0.2) is 47.4 Å². The Morgan fingerprint density at radius 2 is 1.48 bits per heavy atom. The quantitative estimate of drug-likeness (QED) is 0.937. The maximum Gasteiger partial charge on any atom is 0.241 e. The summed E-state index contributed by atoms with van der Waals surface area (Å²) in [7, 11) is -3.50. The highest BCUT2D eigenvalue weighted by molar-refractivity contribution is 7.89. The van der Waals surface area contributed by atoms with Crippen molar-refractivity contribution >= 4 is 10.0 Å². The van der Waals surface area contributed by atoms with Crippen LogP contribution in [0.25, 0.3) is 0 Å². The molecule has 2 aromatic rings. The van der Waals surface area contributed by atoms with Crippen molar-refractivity contribution in [2.75, 3.05) is 0 Å². The lowest BCUT2D eigenvalue weighted by molar-refractivity contribution is 0.566. The molecule has 0 aliphatic carbocycles. The van der Waals surface area contributed by atoms with Crippen LogP contribution in [0.3, 0.4) is 0 Å². The van der Waals surface area contributed by atoms with Gasteiger partial charge in [0.1, 0.15) is 0 Å². The highest BCUT2D eigenvalue weighted by atomic mass is 32.2. The zero-order valence-electron chi connectivity index (χ0n) is 12.8. The van der Waals surface area contributed by atoms with Crippen molar-refractivity contribution in [2.24, 2.45) is 0 Å². The third-order valence-corrected chi connectivity index (χ3v) is 5.11. The molecule has 0 aliphatic heterocycles. The van der Waals surface area contributed by atoms with Crippen LogP contribution in [0.2, 0.25) is 0 Å². The SMILES string of the molecule is Cc1ccc(S(=O)(=O)NC(C)c2ccc(C)cc2C)cc1. The summed E-state index contributed by atoms with van der Waals surface area (Å²) in [4.78, 5) is 0.296. The molecule has 0 radical (unpaired) electrons. The zero-order chi connectivity index (χ0) is 15.6. The molecule has 2 aromatic carbocycles. The molecule has 0 saturated carbocycles. The Bertz CT molecular complexity index is 734. The minimum Gasteiger partial charge on any atom is -0.207 e. The van der Waals surface area contributed by atoms with E-state index >= 15 is 0 Å². The zero-order valence-corrected chi connectivity index (χ0v) is 13.7. The van der Waals surface area contributed by atoms with Gasteiger partial charge in [-0.3, -0.25) is 0 Å². The second-order valence-corrected chi connectivity index (χ2v) is 7.23. The summed E-state index contributed by atoms with van der Waals surface area (Å²) in [5.41, 5.74) is 4.30. The Kier molecular flexibility index (Phi) is 4.49.